The van der Waals surface area contributed by atoms with E-state index in [1.165, 1.54) is 5.56 Å². The number of nitriles is 1. The molecule has 24 heavy (non-hydrogen) atoms. The fraction of sp³-hybridized carbons (Fsp3) is 0.263. The number of primary amides is 1. The van der Waals surface area contributed by atoms with Gasteiger partial charge in [-0.05, 0) is 41.8 Å². The number of nitrogens with zero attached hydrogens (tertiary/aromatic N) is 1. The zero-order valence-corrected chi connectivity index (χ0v) is 13.2. The minimum atomic E-state index is -0.329. The maximum absolute atomic E-state index is 10.8. The van der Waals surface area contributed by atoms with Crippen molar-refractivity contribution in [2.24, 2.45) is 5.73 Å². The predicted octanol–water partition coefficient (Wildman–Crippen LogP) is 2.07. The van der Waals surface area contributed by atoms with E-state index in [-0.39, 0.29) is 12.5 Å². The molecule has 5 heteroatoms. The molecule has 0 bridgehead atoms. The van der Waals surface area contributed by atoms with Crippen LogP contribution in [-0.4, -0.2) is 18.5 Å². The number of hydrogen-bond acceptors (Lipinski definition) is 4. The van der Waals surface area contributed by atoms with Gasteiger partial charge in [0.2, 0.25) is 5.91 Å². The normalized spacial score (nSPS) is 18.6. The Bertz CT molecular complexity index is 765. The first kappa shape index (κ1) is 16.0. The van der Waals surface area contributed by atoms with Gasteiger partial charge in [0.05, 0.1) is 18.2 Å². The highest BCUT2D eigenvalue weighted by Gasteiger charge is 2.37. The number of rotatable bonds is 7. The number of ether oxygens (including phenoxy) is 1. The molecule has 5 nitrogen and oxygen atoms in total. The largest absolute Gasteiger partial charge is 0.489 e. The zero-order chi connectivity index (χ0) is 16.9. The summed E-state index contributed by atoms with van der Waals surface area (Å²) in [6.07, 6.45) is 1.02. The Balaban J connectivity index is 1.52. The standard InChI is InChI=1S/C19H19N3O2/c20-10-13-2-1-3-14(8-13)12-24-16-6-4-15(5-7-16)17-9-18(17)22-11-19(21)23/h1-8,17-18,22H,9,11-12H2,(H2,21,23). The van der Waals surface area contributed by atoms with Gasteiger partial charge in [-0.3, -0.25) is 4.79 Å². The molecule has 0 radical (unpaired) electrons. The van der Waals surface area contributed by atoms with Gasteiger partial charge in [-0.1, -0.05) is 24.3 Å². The van der Waals surface area contributed by atoms with Crippen LogP contribution < -0.4 is 15.8 Å². The lowest BCUT2D eigenvalue weighted by Gasteiger charge is -2.08. The highest BCUT2D eigenvalue weighted by atomic mass is 16.5. The number of carbonyl (C=O) groups is 1. The van der Waals surface area contributed by atoms with E-state index in [4.69, 9.17) is 15.7 Å². The van der Waals surface area contributed by atoms with E-state index in [0.29, 0.717) is 24.1 Å². The Hall–Kier alpha value is -2.84. The van der Waals surface area contributed by atoms with Gasteiger partial charge in [0, 0.05) is 12.0 Å². The van der Waals surface area contributed by atoms with Crippen molar-refractivity contribution in [3.05, 3.63) is 65.2 Å². The molecule has 0 saturated heterocycles. The smallest absolute Gasteiger partial charge is 0.231 e. The lowest BCUT2D eigenvalue weighted by atomic mass is 10.1. The third-order valence-electron chi connectivity index (χ3n) is 4.10. The fourth-order valence-corrected chi connectivity index (χ4v) is 2.73. The molecule has 1 aliphatic carbocycles. The number of hydrogen-bond donors (Lipinski definition) is 2. The molecule has 2 aromatic rings. The average Bonchev–Trinajstić information content (AvgIpc) is 3.38. The van der Waals surface area contributed by atoms with Crippen LogP contribution in [0.3, 0.4) is 0 Å². The fourth-order valence-electron chi connectivity index (χ4n) is 2.73. The van der Waals surface area contributed by atoms with Crippen LogP contribution >= 0.6 is 0 Å². The molecule has 122 valence electrons. The van der Waals surface area contributed by atoms with Crippen molar-refractivity contribution in [3.8, 4) is 11.8 Å². The second kappa shape index (κ2) is 7.16. The monoisotopic (exact) mass is 321 g/mol. The van der Waals surface area contributed by atoms with E-state index in [1.54, 1.807) is 6.07 Å². The number of benzene rings is 2. The van der Waals surface area contributed by atoms with E-state index < -0.39 is 0 Å². The van der Waals surface area contributed by atoms with Gasteiger partial charge < -0.3 is 15.8 Å². The van der Waals surface area contributed by atoms with Crippen LogP contribution in [0.1, 0.15) is 29.0 Å². The summed E-state index contributed by atoms with van der Waals surface area (Å²) in [5.41, 5.74) is 7.97. The van der Waals surface area contributed by atoms with Crippen LogP contribution in [0.25, 0.3) is 0 Å². The van der Waals surface area contributed by atoms with Crippen molar-refractivity contribution in [2.75, 3.05) is 6.54 Å². The molecule has 1 aliphatic rings. The molecule has 1 amide bonds. The van der Waals surface area contributed by atoms with E-state index in [0.717, 1.165) is 17.7 Å². The van der Waals surface area contributed by atoms with Crippen LogP contribution in [0, 0.1) is 11.3 Å². The highest BCUT2D eigenvalue weighted by molar-refractivity contribution is 5.76. The summed E-state index contributed by atoms with van der Waals surface area (Å²) in [7, 11) is 0. The lowest BCUT2D eigenvalue weighted by molar-refractivity contribution is -0.117. The second-order valence-corrected chi connectivity index (χ2v) is 5.97. The molecule has 0 aliphatic heterocycles. The molecular weight excluding hydrogens is 302 g/mol. The summed E-state index contributed by atoms with van der Waals surface area (Å²) in [6.45, 7) is 0.658. The molecular formula is C19H19N3O2. The Kier molecular flexibility index (Phi) is 4.78. The number of nitrogens with two attached hydrogens (primary N) is 1. The van der Waals surface area contributed by atoms with Gasteiger partial charge >= 0.3 is 0 Å². The quantitative estimate of drug-likeness (QED) is 0.817. The molecule has 2 unspecified atom stereocenters. The second-order valence-electron chi connectivity index (χ2n) is 5.97. The summed E-state index contributed by atoms with van der Waals surface area (Å²) in [5.74, 6) is 0.902. The molecule has 0 spiro atoms. The van der Waals surface area contributed by atoms with Crippen molar-refractivity contribution in [1.82, 2.24) is 5.32 Å². The van der Waals surface area contributed by atoms with Crippen molar-refractivity contribution < 1.29 is 9.53 Å². The number of carbonyl (C=O) groups excluding carboxylic acids is 1. The van der Waals surface area contributed by atoms with Crippen LogP contribution in [0.4, 0.5) is 0 Å². The minimum absolute atomic E-state index is 0.226. The molecule has 1 fully saturated rings. The number of nitrogens with one attached hydrogen (secondary N) is 1. The van der Waals surface area contributed by atoms with E-state index in [1.807, 2.05) is 30.3 Å². The zero-order valence-electron chi connectivity index (χ0n) is 13.2. The molecule has 0 heterocycles. The molecule has 2 atom stereocenters. The summed E-state index contributed by atoms with van der Waals surface area (Å²) >= 11 is 0. The Morgan fingerprint density at radius 1 is 1.29 bits per heavy atom. The first-order chi connectivity index (χ1) is 11.7. The molecule has 3 N–H and O–H groups in total. The highest BCUT2D eigenvalue weighted by Crippen LogP contribution is 2.41. The van der Waals surface area contributed by atoms with Gasteiger partial charge in [0.1, 0.15) is 12.4 Å². The van der Waals surface area contributed by atoms with E-state index in [2.05, 4.69) is 23.5 Å². The summed E-state index contributed by atoms with van der Waals surface area (Å²) in [4.78, 5) is 10.8. The third kappa shape index (κ3) is 4.12. The Morgan fingerprint density at radius 2 is 2.08 bits per heavy atom. The average molecular weight is 321 g/mol. The van der Waals surface area contributed by atoms with Crippen molar-refractivity contribution >= 4 is 5.91 Å². The van der Waals surface area contributed by atoms with E-state index in [9.17, 15) is 4.79 Å². The lowest BCUT2D eigenvalue weighted by Crippen LogP contribution is -2.30. The van der Waals surface area contributed by atoms with Crippen LogP contribution in [0.15, 0.2) is 48.5 Å². The Morgan fingerprint density at radius 3 is 2.79 bits per heavy atom. The predicted molar refractivity (Wildman–Crippen MR) is 90.3 cm³/mol. The van der Waals surface area contributed by atoms with Gasteiger partial charge in [-0.2, -0.15) is 5.26 Å². The maximum atomic E-state index is 10.8. The SMILES string of the molecule is N#Cc1cccc(COc2ccc(C3CC3NCC(N)=O)cc2)c1. The first-order valence-corrected chi connectivity index (χ1v) is 7.89. The topological polar surface area (TPSA) is 88.1 Å². The maximum Gasteiger partial charge on any atom is 0.231 e. The van der Waals surface area contributed by atoms with Gasteiger partial charge in [-0.15, -0.1) is 0 Å². The van der Waals surface area contributed by atoms with E-state index >= 15 is 0 Å². The number of amides is 1. The summed E-state index contributed by atoms with van der Waals surface area (Å²) in [6, 6.07) is 17.9. The third-order valence-corrected chi connectivity index (χ3v) is 4.10. The summed E-state index contributed by atoms with van der Waals surface area (Å²) in [5, 5.41) is 12.0. The first-order valence-electron chi connectivity index (χ1n) is 7.89. The van der Waals surface area contributed by atoms with Crippen molar-refractivity contribution in [3.63, 3.8) is 0 Å². The molecule has 3 rings (SSSR count). The van der Waals surface area contributed by atoms with Crippen LogP contribution in [0.5, 0.6) is 5.75 Å². The van der Waals surface area contributed by atoms with Gasteiger partial charge in [0.15, 0.2) is 0 Å². The van der Waals surface area contributed by atoms with Crippen LogP contribution in [-0.2, 0) is 11.4 Å². The Labute approximate surface area is 141 Å². The summed E-state index contributed by atoms with van der Waals surface area (Å²) < 4.78 is 5.77. The molecule has 1 saturated carbocycles. The van der Waals surface area contributed by atoms with Gasteiger partial charge in [-0.25, -0.2) is 0 Å². The minimum Gasteiger partial charge on any atom is -0.489 e. The van der Waals surface area contributed by atoms with Crippen molar-refractivity contribution in [1.29, 1.82) is 5.26 Å². The van der Waals surface area contributed by atoms with Gasteiger partial charge in [0.25, 0.3) is 0 Å². The molecule has 0 aromatic heterocycles. The van der Waals surface area contributed by atoms with Crippen molar-refractivity contribution in [2.45, 2.75) is 25.0 Å². The van der Waals surface area contributed by atoms with Crippen LogP contribution in [0.2, 0.25) is 0 Å². The molecule has 2 aromatic carbocycles.